The second-order valence-electron chi connectivity index (χ2n) is 2.73. The highest BCUT2D eigenvalue weighted by molar-refractivity contribution is 6.99. The first-order valence-electron chi connectivity index (χ1n) is 4.05. The Balaban J connectivity index is 2.59. The number of ether oxygens (including phenoxy) is 1. The van der Waals surface area contributed by atoms with Gasteiger partial charge in [0.25, 0.3) is 0 Å². The summed E-state index contributed by atoms with van der Waals surface area (Å²) in [6.07, 6.45) is 0. The van der Waals surface area contributed by atoms with Crippen LogP contribution in [0.1, 0.15) is 0 Å². The van der Waals surface area contributed by atoms with Crippen LogP contribution in [-0.2, 0) is 0 Å². The number of hydrogen-bond donors (Lipinski definition) is 0. The summed E-state index contributed by atoms with van der Waals surface area (Å²) in [6.45, 7) is 0. The summed E-state index contributed by atoms with van der Waals surface area (Å²) >= 11 is 6.71. The molecule has 0 amide bonds. The average Bonchev–Trinajstić information content (AvgIpc) is 2.65. The first-order chi connectivity index (χ1) is 7.24. The van der Waals surface area contributed by atoms with Crippen molar-refractivity contribution in [2.45, 2.75) is 0 Å². The lowest BCUT2D eigenvalue weighted by atomic mass is 10.1. The van der Waals surface area contributed by atoms with Gasteiger partial charge in [-0.15, -0.1) is 0 Å². The molecular formula is C9H6ClFN2OS. The third-order valence-electron chi connectivity index (χ3n) is 1.89. The fourth-order valence-corrected chi connectivity index (χ4v) is 1.94. The lowest BCUT2D eigenvalue weighted by molar-refractivity contribution is 0.387. The van der Waals surface area contributed by atoms with Gasteiger partial charge in [0.15, 0.2) is 16.7 Å². The van der Waals surface area contributed by atoms with Gasteiger partial charge in [-0.3, -0.25) is 0 Å². The van der Waals surface area contributed by atoms with E-state index in [9.17, 15) is 4.39 Å². The maximum Gasteiger partial charge on any atom is 0.174 e. The summed E-state index contributed by atoms with van der Waals surface area (Å²) in [5.41, 5.74) is 0.645. The predicted molar refractivity (Wildman–Crippen MR) is 56.9 cm³/mol. The number of aromatic nitrogens is 2. The number of nitrogens with zero attached hydrogens (tertiary/aromatic N) is 2. The minimum atomic E-state index is -0.477. The summed E-state index contributed by atoms with van der Waals surface area (Å²) in [6, 6.07) is 4.79. The molecule has 0 radical (unpaired) electrons. The Kier molecular flexibility index (Phi) is 2.83. The monoisotopic (exact) mass is 244 g/mol. The van der Waals surface area contributed by atoms with Crippen molar-refractivity contribution in [3.8, 4) is 17.0 Å². The zero-order valence-electron chi connectivity index (χ0n) is 7.70. The zero-order chi connectivity index (χ0) is 10.8. The van der Waals surface area contributed by atoms with Crippen LogP contribution in [0, 0.1) is 5.82 Å². The maximum atomic E-state index is 13.8. The van der Waals surface area contributed by atoms with Gasteiger partial charge in [0, 0.05) is 5.56 Å². The van der Waals surface area contributed by atoms with E-state index < -0.39 is 5.82 Å². The molecule has 0 fully saturated rings. The summed E-state index contributed by atoms with van der Waals surface area (Å²) in [4.78, 5) is 0. The Hall–Kier alpha value is -1.20. The molecule has 15 heavy (non-hydrogen) atoms. The highest BCUT2D eigenvalue weighted by Gasteiger charge is 2.15. The van der Waals surface area contributed by atoms with Gasteiger partial charge in [-0.25, -0.2) is 4.39 Å². The number of halogens is 2. The molecular weight excluding hydrogens is 239 g/mol. The lowest BCUT2D eigenvalue weighted by Crippen LogP contribution is -1.91. The molecule has 0 aliphatic carbocycles. The smallest absolute Gasteiger partial charge is 0.174 e. The molecule has 1 aromatic heterocycles. The van der Waals surface area contributed by atoms with E-state index in [0.29, 0.717) is 11.3 Å². The van der Waals surface area contributed by atoms with Crippen molar-refractivity contribution < 1.29 is 9.13 Å². The molecule has 3 nitrogen and oxygen atoms in total. The van der Waals surface area contributed by atoms with Crippen LogP contribution < -0.4 is 4.74 Å². The standard InChI is InChI=1S/C9H6ClFN2OS/c1-14-6-4-2-3-5(7(6)11)8-9(10)13-15-12-8/h2-4H,1H3. The summed E-state index contributed by atoms with van der Waals surface area (Å²) < 4.78 is 26.3. The summed E-state index contributed by atoms with van der Waals surface area (Å²) in [5, 5.41) is 0.201. The first kappa shape index (κ1) is 10.3. The van der Waals surface area contributed by atoms with Crippen LogP contribution in [-0.4, -0.2) is 15.9 Å². The van der Waals surface area contributed by atoms with Gasteiger partial charge in [-0.05, 0) is 12.1 Å². The molecule has 1 aromatic carbocycles. The van der Waals surface area contributed by atoms with Crippen molar-refractivity contribution in [3.63, 3.8) is 0 Å². The SMILES string of the molecule is COc1cccc(-c2nsnc2Cl)c1F. The third kappa shape index (κ3) is 1.80. The topological polar surface area (TPSA) is 35.0 Å². The molecule has 2 aromatic rings. The molecule has 6 heteroatoms. The molecule has 0 bridgehead atoms. The van der Waals surface area contributed by atoms with E-state index in [0.717, 1.165) is 11.7 Å². The molecule has 0 saturated carbocycles. The van der Waals surface area contributed by atoms with Crippen LogP contribution >= 0.6 is 23.3 Å². The predicted octanol–water partition coefficient (Wildman–Crippen LogP) is 3.01. The van der Waals surface area contributed by atoms with E-state index in [1.807, 2.05) is 0 Å². The van der Waals surface area contributed by atoms with Gasteiger partial charge in [0.05, 0.1) is 18.8 Å². The largest absolute Gasteiger partial charge is 0.494 e. The van der Waals surface area contributed by atoms with Crippen LogP contribution in [0.25, 0.3) is 11.3 Å². The van der Waals surface area contributed by atoms with Crippen LogP contribution in [0.4, 0.5) is 4.39 Å². The van der Waals surface area contributed by atoms with Gasteiger partial charge in [0.2, 0.25) is 0 Å². The lowest BCUT2D eigenvalue weighted by Gasteiger charge is -2.04. The summed E-state index contributed by atoms with van der Waals surface area (Å²) in [7, 11) is 1.41. The fraction of sp³-hybridized carbons (Fsp3) is 0.111. The number of hydrogen-bond acceptors (Lipinski definition) is 4. The van der Waals surface area contributed by atoms with Crippen molar-refractivity contribution >= 4 is 23.3 Å². The van der Waals surface area contributed by atoms with Crippen molar-refractivity contribution in [1.29, 1.82) is 0 Å². The molecule has 0 aliphatic rings. The Bertz CT molecular complexity index is 489. The Morgan fingerprint density at radius 1 is 1.40 bits per heavy atom. The molecule has 0 spiro atoms. The second-order valence-corrected chi connectivity index (χ2v) is 3.61. The first-order valence-corrected chi connectivity index (χ1v) is 5.15. The van der Waals surface area contributed by atoms with Gasteiger partial charge in [0.1, 0.15) is 5.69 Å². The molecule has 0 atom stereocenters. The quantitative estimate of drug-likeness (QED) is 0.815. The molecule has 1 heterocycles. The molecule has 0 unspecified atom stereocenters. The number of rotatable bonds is 2. The normalized spacial score (nSPS) is 10.3. The van der Waals surface area contributed by atoms with E-state index in [4.69, 9.17) is 16.3 Å². The van der Waals surface area contributed by atoms with E-state index in [2.05, 4.69) is 8.75 Å². The molecule has 0 aliphatic heterocycles. The Morgan fingerprint density at radius 3 is 2.80 bits per heavy atom. The second kappa shape index (κ2) is 4.12. The van der Waals surface area contributed by atoms with Gasteiger partial charge >= 0.3 is 0 Å². The van der Waals surface area contributed by atoms with Gasteiger partial charge < -0.3 is 4.74 Å². The zero-order valence-corrected chi connectivity index (χ0v) is 9.27. The fourth-order valence-electron chi connectivity index (χ4n) is 1.19. The Labute approximate surface area is 94.8 Å². The third-order valence-corrected chi connectivity index (χ3v) is 2.78. The van der Waals surface area contributed by atoms with E-state index in [1.165, 1.54) is 13.2 Å². The minimum Gasteiger partial charge on any atom is -0.494 e. The highest BCUT2D eigenvalue weighted by atomic mass is 35.5. The maximum absolute atomic E-state index is 13.8. The van der Waals surface area contributed by atoms with E-state index >= 15 is 0 Å². The molecule has 0 N–H and O–H groups in total. The van der Waals surface area contributed by atoms with Gasteiger partial charge in [-0.2, -0.15) is 8.75 Å². The number of methoxy groups -OCH3 is 1. The van der Waals surface area contributed by atoms with E-state index in [1.54, 1.807) is 12.1 Å². The van der Waals surface area contributed by atoms with Crippen molar-refractivity contribution in [1.82, 2.24) is 8.75 Å². The van der Waals surface area contributed by atoms with Crippen molar-refractivity contribution in [3.05, 3.63) is 29.2 Å². The van der Waals surface area contributed by atoms with Gasteiger partial charge in [-0.1, -0.05) is 17.7 Å². The molecule has 0 saturated heterocycles. The molecule has 78 valence electrons. The van der Waals surface area contributed by atoms with Crippen LogP contribution in [0.2, 0.25) is 5.15 Å². The Morgan fingerprint density at radius 2 is 2.20 bits per heavy atom. The highest BCUT2D eigenvalue weighted by Crippen LogP contribution is 2.31. The van der Waals surface area contributed by atoms with Crippen LogP contribution in [0.3, 0.4) is 0 Å². The van der Waals surface area contributed by atoms with Crippen molar-refractivity contribution in [2.24, 2.45) is 0 Å². The van der Waals surface area contributed by atoms with Crippen LogP contribution in [0.5, 0.6) is 5.75 Å². The number of benzene rings is 1. The van der Waals surface area contributed by atoms with E-state index in [-0.39, 0.29) is 10.9 Å². The van der Waals surface area contributed by atoms with Crippen molar-refractivity contribution in [2.75, 3.05) is 7.11 Å². The average molecular weight is 245 g/mol. The summed E-state index contributed by atoms with van der Waals surface area (Å²) in [5.74, 6) is -0.314. The minimum absolute atomic E-state index is 0.163. The van der Waals surface area contributed by atoms with Crippen LogP contribution in [0.15, 0.2) is 18.2 Å². The molecule has 2 rings (SSSR count).